The smallest absolute Gasteiger partial charge is 0.298 e. The normalized spacial score (nSPS) is 14.2. The van der Waals surface area contributed by atoms with Crippen LogP contribution in [0.15, 0.2) is 16.6 Å². The van der Waals surface area contributed by atoms with Gasteiger partial charge in [-0.3, -0.25) is 19.3 Å². The van der Waals surface area contributed by atoms with E-state index in [1.807, 2.05) is 13.0 Å². The number of amides is 1. The molecule has 0 aromatic heterocycles. The van der Waals surface area contributed by atoms with Gasteiger partial charge in [-0.1, -0.05) is 15.9 Å². The average molecular weight is 296 g/mol. The zero-order valence-electron chi connectivity index (χ0n) is 9.41. The van der Waals surface area contributed by atoms with Gasteiger partial charge in [0.2, 0.25) is 0 Å². The van der Waals surface area contributed by atoms with E-state index in [9.17, 15) is 14.4 Å². The van der Waals surface area contributed by atoms with Crippen molar-refractivity contribution >= 4 is 39.1 Å². The number of aryl methyl sites for hydroxylation is 1. The van der Waals surface area contributed by atoms with Crippen molar-refractivity contribution in [1.82, 2.24) is 0 Å². The van der Waals surface area contributed by atoms with Crippen molar-refractivity contribution in [2.75, 3.05) is 11.4 Å². The van der Waals surface area contributed by atoms with Crippen molar-refractivity contribution < 1.29 is 14.4 Å². The molecule has 1 aromatic rings. The van der Waals surface area contributed by atoms with Gasteiger partial charge in [0, 0.05) is 4.47 Å². The maximum absolute atomic E-state index is 11.8. The van der Waals surface area contributed by atoms with E-state index in [0.29, 0.717) is 11.3 Å². The third kappa shape index (κ3) is 1.91. The predicted octanol–water partition coefficient (Wildman–Crippen LogP) is 1.88. The number of hydrogen-bond donors (Lipinski definition) is 0. The molecule has 1 amide bonds. The van der Waals surface area contributed by atoms with Gasteiger partial charge in [-0.05, 0) is 31.5 Å². The lowest BCUT2D eigenvalue weighted by atomic mass is 10.1. The van der Waals surface area contributed by atoms with Gasteiger partial charge in [0.05, 0.1) is 17.8 Å². The number of carbonyl (C=O) groups excluding carboxylic acids is 3. The molecular formula is C12H10BrNO3. The molecule has 0 N–H and O–H groups in total. The molecule has 0 bridgehead atoms. The van der Waals surface area contributed by atoms with Gasteiger partial charge in [-0.25, -0.2) is 0 Å². The summed E-state index contributed by atoms with van der Waals surface area (Å²) in [4.78, 5) is 35.9. The Balaban J connectivity index is 2.60. The standard InChI is InChI=1S/C12H10BrNO3/c1-6-3-8(13)4-9-10(6)14(5-7(2)15)12(17)11(9)16/h3-4H,5H2,1-2H3. The fraction of sp³-hybridized carbons (Fsp3) is 0.250. The molecule has 0 fully saturated rings. The molecule has 5 heteroatoms. The van der Waals surface area contributed by atoms with Crippen molar-refractivity contribution in [2.24, 2.45) is 0 Å². The summed E-state index contributed by atoms with van der Waals surface area (Å²) in [5, 5.41) is 0. The Morgan fingerprint density at radius 3 is 2.59 bits per heavy atom. The van der Waals surface area contributed by atoms with Crippen LogP contribution in [0, 0.1) is 6.92 Å². The summed E-state index contributed by atoms with van der Waals surface area (Å²) in [6.07, 6.45) is 0. The molecule has 0 aliphatic carbocycles. The highest BCUT2D eigenvalue weighted by atomic mass is 79.9. The number of ketones is 2. The van der Waals surface area contributed by atoms with Crippen LogP contribution in [0.4, 0.5) is 5.69 Å². The summed E-state index contributed by atoms with van der Waals surface area (Å²) in [6, 6.07) is 3.43. The average Bonchev–Trinajstić information content (AvgIpc) is 2.43. The Kier molecular flexibility index (Phi) is 2.87. The van der Waals surface area contributed by atoms with E-state index < -0.39 is 11.7 Å². The zero-order chi connectivity index (χ0) is 12.7. The van der Waals surface area contributed by atoms with Crippen molar-refractivity contribution in [2.45, 2.75) is 13.8 Å². The summed E-state index contributed by atoms with van der Waals surface area (Å²) < 4.78 is 0.750. The monoisotopic (exact) mass is 295 g/mol. The Labute approximate surface area is 107 Å². The fourth-order valence-electron chi connectivity index (χ4n) is 1.98. The van der Waals surface area contributed by atoms with Crippen LogP contribution in [0.1, 0.15) is 22.8 Å². The van der Waals surface area contributed by atoms with E-state index in [1.54, 1.807) is 6.07 Å². The van der Waals surface area contributed by atoms with Crippen LogP contribution in [0.25, 0.3) is 0 Å². The number of halogens is 1. The fourth-order valence-corrected chi connectivity index (χ4v) is 2.55. The number of Topliss-reactive ketones (excluding diaryl/α,β-unsaturated/α-hetero) is 2. The van der Waals surface area contributed by atoms with Crippen LogP contribution >= 0.6 is 15.9 Å². The van der Waals surface area contributed by atoms with Crippen molar-refractivity contribution in [3.8, 4) is 0 Å². The molecule has 1 aliphatic rings. The minimum atomic E-state index is -0.628. The summed E-state index contributed by atoms with van der Waals surface area (Å²) in [5.41, 5.74) is 1.72. The lowest BCUT2D eigenvalue weighted by Crippen LogP contribution is -2.34. The molecule has 0 saturated heterocycles. The molecule has 1 aromatic carbocycles. The first-order chi connectivity index (χ1) is 7.91. The quantitative estimate of drug-likeness (QED) is 0.783. The van der Waals surface area contributed by atoms with E-state index in [1.165, 1.54) is 11.8 Å². The molecule has 0 atom stereocenters. The highest BCUT2D eigenvalue weighted by Crippen LogP contribution is 2.34. The van der Waals surface area contributed by atoms with E-state index in [-0.39, 0.29) is 12.3 Å². The molecule has 4 nitrogen and oxygen atoms in total. The van der Waals surface area contributed by atoms with Gasteiger partial charge in [0.25, 0.3) is 11.7 Å². The van der Waals surface area contributed by atoms with Crippen molar-refractivity contribution in [1.29, 1.82) is 0 Å². The van der Waals surface area contributed by atoms with Gasteiger partial charge >= 0.3 is 0 Å². The lowest BCUT2D eigenvalue weighted by molar-refractivity contribution is -0.119. The van der Waals surface area contributed by atoms with Gasteiger partial charge < -0.3 is 0 Å². The SMILES string of the molecule is CC(=O)CN1C(=O)C(=O)c2cc(Br)cc(C)c21. The molecule has 1 aliphatic heterocycles. The van der Waals surface area contributed by atoms with Crippen molar-refractivity contribution in [3.05, 3.63) is 27.7 Å². The van der Waals surface area contributed by atoms with Crippen LogP contribution in [0.3, 0.4) is 0 Å². The second kappa shape index (κ2) is 4.07. The lowest BCUT2D eigenvalue weighted by Gasteiger charge is -2.16. The summed E-state index contributed by atoms with van der Waals surface area (Å²) >= 11 is 3.28. The van der Waals surface area contributed by atoms with E-state index in [4.69, 9.17) is 0 Å². The minimum Gasteiger partial charge on any atom is -0.298 e. The first-order valence-corrected chi connectivity index (χ1v) is 5.87. The first-order valence-electron chi connectivity index (χ1n) is 5.07. The van der Waals surface area contributed by atoms with Crippen LogP contribution < -0.4 is 4.90 Å². The highest BCUT2D eigenvalue weighted by molar-refractivity contribution is 9.10. The molecule has 88 valence electrons. The van der Waals surface area contributed by atoms with Gasteiger partial charge in [0.15, 0.2) is 0 Å². The van der Waals surface area contributed by atoms with Crippen LogP contribution in [-0.4, -0.2) is 24.0 Å². The maximum atomic E-state index is 11.8. The van der Waals surface area contributed by atoms with E-state index in [0.717, 1.165) is 10.0 Å². The third-order valence-electron chi connectivity index (χ3n) is 2.60. The molecule has 0 spiro atoms. The molecule has 1 heterocycles. The number of rotatable bonds is 2. The van der Waals surface area contributed by atoms with Crippen molar-refractivity contribution in [3.63, 3.8) is 0 Å². The van der Waals surface area contributed by atoms with Crippen LogP contribution in [0.2, 0.25) is 0 Å². The molecule has 2 rings (SSSR count). The summed E-state index contributed by atoms with van der Waals surface area (Å²) in [7, 11) is 0. The number of benzene rings is 1. The highest BCUT2D eigenvalue weighted by Gasteiger charge is 2.37. The second-order valence-electron chi connectivity index (χ2n) is 4.04. The predicted molar refractivity (Wildman–Crippen MR) is 66.2 cm³/mol. The zero-order valence-corrected chi connectivity index (χ0v) is 11.0. The number of anilines is 1. The maximum Gasteiger partial charge on any atom is 0.299 e. The largest absolute Gasteiger partial charge is 0.299 e. The molecular weight excluding hydrogens is 286 g/mol. The number of nitrogens with zero attached hydrogens (tertiary/aromatic N) is 1. The molecule has 0 radical (unpaired) electrons. The van der Waals surface area contributed by atoms with E-state index in [2.05, 4.69) is 15.9 Å². The Bertz CT molecular complexity index is 551. The number of fused-ring (bicyclic) bond motifs is 1. The Hall–Kier alpha value is -1.49. The molecule has 0 saturated carbocycles. The second-order valence-corrected chi connectivity index (χ2v) is 4.96. The number of carbonyl (C=O) groups is 3. The molecule has 0 unspecified atom stereocenters. The van der Waals surface area contributed by atoms with Crippen LogP contribution in [0.5, 0.6) is 0 Å². The summed E-state index contributed by atoms with van der Waals surface area (Å²) in [5.74, 6) is -1.33. The van der Waals surface area contributed by atoms with Crippen LogP contribution in [-0.2, 0) is 9.59 Å². The molecule has 17 heavy (non-hydrogen) atoms. The summed E-state index contributed by atoms with van der Waals surface area (Å²) in [6.45, 7) is 3.15. The third-order valence-corrected chi connectivity index (χ3v) is 3.06. The topological polar surface area (TPSA) is 54.5 Å². The number of hydrogen-bond acceptors (Lipinski definition) is 3. The van der Waals surface area contributed by atoms with Gasteiger partial charge in [-0.15, -0.1) is 0 Å². The Morgan fingerprint density at radius 1 is 1.35 bits per heavy atom. The van der Waals surface area contributed by atoms with Gasteiger partial charge in [-0.2, -0.15) is 0 Å². The minimum absolute atomic E-state index is 0.0555. The van der Waals surface area contributed by atoms with Gasteiger partial charge in [0.1, 0.15) is 5.78 Å². The first kappa shape index (κ1) is 12.0. The van der Waals surface area contributed by atoms with E-state index >= 15 is 0 Å². The Morgan fingerprint density at radius 2 is 2.00 bits per heavy atom.